The molecule has 3 rings (SSSR count). The van der Waals surface area contributed by atoms with Crippen molar-refractivity contribution in [2.45, 2.75) is 32.4 Å². The molecule has 2 aromatic rings. The molecule has 1 fully saturated rings. The van der Waals surface area contributed by atoms with E-state index in [0.29, 0.717) is 28.1 Å². The van der Waals surface area contributed by atoms with Gasteiger partial charge in [0, 0.05) is 25.2 Å². The van der Waals surface area contributed by atoms with E-state index in [9.17, 15) is 4.79 Å². The van der Waals surface area contributed by atoms with Crippen molar-refractivity contribution in [3.8, 4) is 5.75 Å². The van der Waals surface area contributed by atoms with Crippen LogP contribution in [0.15, 0.2) is 28.8 Å². The number of halogens is 3. The second-order valence-corrected chi connectivity index (χ2v) is 6.98. The van der Waals surface area contributed by atoms with Crippen LogP contribution in [0.5, 0.6) is 5.75 Å². The van der Waals surface area contributed by atoms with Crippen molar-refractivity contribution < 1.29 is 14.1 Å². The average Bonchev–Trinajstić information content (AvgIpc) is 3.30. The van der Waals surface area contributed by atoms with Gasteiger partial charge in [-0.2, -0.15) is 0 Å². The molecule has 6 nitrogen and oxygen atoms in total. The lowest BCUT2D eigenvalue weighted by molar-refractivity contribution is 0.0681. The standard InChI is InChI=1S/C18H21Cl2N3O3.ClH/c1-2-8-23(12-6-7-21-10-12)18(24)16-9-13(26-22-16)11-25-17-14(19)4-3-5-15(17)20;/h3-5,9,12,21H,2,6-8,10-11H2,1H3;1H. The molecule has 1 N–H and O–H groups in total. The predicted octanol–water partition coefficient (Wildman–Crippen LogP) is 4.20. The van der Waals surface area contributed by atoms with Gasteiger partial charge in [0.15, 0.2) is 17.2 Å². The van der Waals surface area contributed by atoms with Gasteiger partial charge in [-0.3, -0.25) is 4.79 Å². The van der Waals surface area contributed by atoms with Crippen LogP contribution >= 0.6 is 35.6 Å². The second-order valence-electron chi connectivity index (χ2n) is 6.16. The van der Waals surface area contributed by atoms with Crippen molar-refractivity contribution >= 4 is 41.5 Å². The minimum atomic E-state index is -0.119. The Kier molecular flexibility index (Phi) is 8.23. The van der Waals surface area contributed by atoms with E-state index in [1.54, 1.807) is 24.3 Å². The highest BCUT2D eigenvalue weighted by Crippen LogP contribution is 2.33. The molecule has 0 bridgehead atoms. The van der Waals surface area contributed by atoms with E-state index in [0.717, 1.165) is 25.9 Å². The minimum absolute atomic E-state index is 0. The third kappa shape index (κ3) is 5.29. The Morgan fingerprint density at radius 1 is 1.41 bits per heavy atom. The van der Waals surface area contributed by atoms with E-state index in [-0.39, 0.29) is 36.7 Å². The Labute approximate surface area is 174 Å². The predicted molar refractivity (Wildman–Crippen MR) is 107 cm³/mol. The van der Waals surface area contributed by atoms with E-state index >= 15 is 0 Å². The molecule has 1 saturated heterocycles. The number of hydrogen-bond acceptors (Lipinski definition) is 5. The number of para-hydroxylation sites is 1. The van der Waals surface area contributed by atoms with E-state index in [1.165, 1.54) is 0 Å². The molecule has 9 heteroatoms. The minimum Gasteiger partial charge on any atom is -0.482 e. The van der Waals surface area contributed by atoms with Crippen LogP contribution in [-0.4, -0.2) is 41.6 Å². The van der Waals surface area contributed by atoms with Gasteiger partial charge in [-0.05, 0) is 31.5 Å². The van der Waals surface area contributed by atoms with Gasteiger partial charge >= 0.3 is 0 Å². The SMILES string of the molecule is CCCN(C(=O)c1cc(COc2c(Cl)cccc2Cl)on1)C1CCNC1.Cl. The number of benzene rings is 1. The Bertz CT molecular complexity index is 743. The first-order valence-corrected chi connectivity index (χ1v) is 9.39. The van der Waals surface area contributed by atoms with Gasteiger partial charge in [0.1, 0.15) is 6.61 Å². The molecule has 1 unspecified atom stereocenters. The maximum atomic E-state index is 12.8. The van der Waals surface area contributed by atoms with E-state index in [4.69, 9.17) is 32.5 Å². The Balaban J connectivity index is 0.00000261. The lowest BCUT2D eigenvalue weighted by Crippen LogP contribution is -2.42. The molecule has 0 spiro atoms. The topological polar surface area (TPSA) is 67.6 Å². The Morgan fingerprint density at radius 2 is 2.15 bits per heavy atom. The molecule has 27 heavy (non-hydrogen) atoms. The molecule has 1 aliphatic rings. The van der Waals surface area contributed by atoms with Crippen molar-refractivity contribution in [2.75, 3.05) is 19.6 Å². The normalized spacial score (nSPS) is 16.0. The maximum Gasteiger partial charge on any atom is 0.276 e. The van der Waals surface area contributed by atoms with E-state index in [2.05, 4.69) is 17.4 Å². The molecule has 1 aromatic carbocycles. The summed E-state index contributed by atoms with van der Waals surface area (Å²) in [6.45, 7) is 4.57. The largest absolute Gasteiger partial charge is 0.482 e. The quantitative estimate of drug-likeness (QED) is 0.707. The maximum absolute atomic E-state index is 12.8. The summed E-state index contributed by atoms with van der Waals surface area (Å²) in [5.41, 5.74) is 0.286. The summed E-state index contributed by atoms with van der Waals surface area (Å²) < 4.78 is 10.9. The van der Waals surface area contributed by atoms with Gasteiger partial charge in [-0.15, -0.1) is 12.4 Å². The van der Waals surface area contributed by atoms with Crippen molar-refractivity contribution in [3.05, 3.63) is 45.8 Å². The fourth-order valence-electron chi connectivity index (χ4n) is 2.99. The van der Waals surface area contributed by atoms with Crippen LogP contribution in [0.4, 0.5) is 0 Å². The molecular weight excluding hydrogens is 413 g/mol. The summed E-state index contributed by atoms with van der Waals surface area (Å²) in [5.74, 6) is 0.696. The van der Waals surface area contributed by atoms with E-state index in [1.807, 2.05) is 4.90 Å². The van der Waals surface area contributed by atoms with Crippen molar-refractivity contribution in [1.82, 2.24) is 15.4 Å². The molecule has 1 aliphatic heterocycles. The molecule has 1 atom stereocenters. The van der Waals surface area contributed by atoms with Gasteiger partial charge in [-0.25, -0.2) is 0 Å². The first-order valence-electron chi connectivity index (χ1n) is 8.64. The lowest BCUT2D eigenvalue weighted by atomic mass is 10.2. The number of aromatic nitrogens is 1. The number of hydrogen-bond donors (Lipinski definition) is 1. The number of carbonyl (C=O) groups excluding carboxylic acids is 1. The third-order valence-corrected chi connectivity index (χ3v) is 4.85. The molecule has 148 valence electrons. The van der Waals surface area contributed by atoms with Gasteiger partial charge in [0.25, 0.3) is 5.91 Å². The summed E-state index contributed by atoms with van der Waals surface area (Å²) >= 11 is 12.2. The van der Waals surface area contributed by atoms with Gasteiger partial charge < -0.3 is 19.5 Å². The summed E-state index contributed by atoms with van der Waals surface area (Å²) in [4.78, 5) is 14.7. The van der Waals surface area contributed by atoms with Crippen LogP contribution in [0.3, 0.4) is 0 Å². The third-order valence-electron chi connectivity index (χ3n) is 4.26. The molecule has 1 amide bonds. The highest BCUT2D eigenvalue weighted by atomic mass is 35.5. The van der Waals surface area contributed by atoms with Crippen LogP contribution in [0, 0.1) is 0 Å². The zero-order valence-electron chi connectivity index (χ0n) is 14.9. The van der Waals surface area contributed by atoms with Crippen LogP contribution in [0.25, 0.3) is 0 Å². The zero-order chi connectivity index (χ0) is 18.5. The smallest absolute Gasteiger partial charge is 0.276 e. The average molecular weight is 435 g/mol. The van der Waals surface area contributed by atoms with Gasteiger partial charge in [0.2, 0.25) is 0 Å². The molecule has 0 aliphatic carbocycles. The molecule has 0 saturated carbocycles. The van der Waals surface area contributed by atoms with Crippen LogP contribution in [0.1, 0.15) is 36.0 Å². The number of nitrogens with zero attached hydrogens (tertiary/aromatic N) is 2. The Morgan fingerprint density at radius 3 is 2.78 bits per heavy atom. The number of ether oxygens (including phenoxy) is 1. The fraction of sp³-hybridized carbons (Fsp3) is 0.444. The fourth-order valence-corrected chi connectivity index (χ4v) is 3.50. The lowest BCUT2D eigenvalue weighted by Gasteiger charge is -2.27. The van der Waals surface area contributed by atoms with Crippen LogP contribution in [-0.2, 0) is 6.61 Å². The number of rotatable bonds is 7. The molecule has 0 radical (unpaired) electrons. The number of nitrogens with one attached hydrogen (secondary N) is 1. The summed E-state index contributed by atoms with van der Waals surface area (Å²) in [6.07, 6.45) is 1.84. The van der Waals surface area contributed by atoms with Crippen LogP contribution < -0.4 is 10.1 Å². The van der Waals surface area contributed by atoms with Crippen molar-refractivity contribution in [1.29, 1.82) is 0 Å². The highest BCUT2D eigenvalue weighted by Gasteiger charge is 2.28. The first kappa shape index (κ1) is 21.8. The first-order chi connectivity index (χ1) is 12.6. The highest BCUT2D eigenvalue weighted by molar-refractivity contribution is 6.37. The van der Waals surface area contributed by atoms with Gasteiger partial charge in [-0.1, -0.05) is 41.3 Å². The number of carbonyl (C=O) groups is 1. The number of amides is 1. The summed E-state index contributed by atoms with van der Waals surface area (Å²) in [6, 6.07) is 6.93. The van der Waals surface area contributed by atoms with Gasteiger partial charge in [0.05, 0.1) is 10.0 Å². The second kappa shape index (κ2) is 10.2. The Hall–Kier alpha value is -1.47. The molecular formula is C18H22Cl3N3O3. The van der Waals surface area contributed by atoms with E-state index < -0.39 is 0 Å². The summed E-state index contributed by atoms with van der Waals surface area (Å²) in [5, 5.41) is 8.03. The monoisotopic (exact) mass is 433 g/mol. The molecule has 2 heterocycles. The van der Waals surface area contributed by atoms with Crippen LogP contribution in [0.2, 0.25) is 10.0 Å². The summed E-state index contributed by atoms with van der Waals surface area (Å²) in [7, 11) is 0. The van der Waals surface area contributed by atoms with Crippen molar-refractivity contribution in [3.63, 3.8) is 0 Å². The van der Waals surface area contributed by atoms with Crippen molar-refractivity contribution in [2.24, 2.45) is 0 Å². The molecule has 1 aromatic heterocycles. The zero-order valence-corrected chi connectivity index (χ0v) is 17.2.